The smallest absolute Gasteiger partial charge is 0.338 e. The van der Waals surface area contributed by atoms with Crippen molar-refractivity contribution >= 4 is 29.3 Å². The maximum absolute atomic E-state index is 11.6. The first-order valence-electron chi connectivity index (χ1n) is 7.35. The fraction of sp³-hybridized carbons (Fsp3) is 0.222. The maximum Gasteiger partial charge on any atom is 0.338 e. The van der Waals surface area contributed by atoms with Crippen molar-refractivity contribution in [3.63, 3.8) is 0 Å². The highest BCUT2D eigenvalue weighted by Crippen LogP contribution is 2.29. The first-order chi connectivity index (χ1) is 11.1. The lowest BCUT2D eigenvalue weighted by Crippen LogP contribution is -2.06. The number of hydrogen-bond donors (Lipinski definition) is 1. The van der Waals surface area contributed by atoms with Gasteiger partial charge in [-0.3, -0.25) is 4.79 Å². The van der Waals surface area contributed by atoms with Crippen molar-refractivity contribution in [1.29, 1.82) is 0 Å². The second kappa shape index (κ2) is 8.39. The highest BCUT2D eigenvalue weighted by atomic mass is 32.2. The van der Waals surface area contributed by atoms with Gasteiger partial charge in [-0.2, -0.15) is 0 Å². The number of carbonyl (C=O) groups is 2. The van der Waals surface area contributed by atoms with E-state index >= 15 is 0 Å². The van der Waals surface area contributed by atoms with Crippen molar-refractivity contribution in [3.8, 4) is 0 Å². The number of nitrogens with one attached hydrogen (secondary N) is 1. The van der Waals surface area contributed by atoms with E-state index in [2.05, 4.69) is 5.32 Å². The Balaban J connectivity index is 2.01. The predicted molar refractivity (Wildman–Crippen MR) is 92.7 cm³/mol. The molecule has 1 amide bonds. The Morgan fingerprint density at radius 2 is 1.78 bits per heavy atom. The molecule has 0 atom stereocenters. The Bertz CT molecular complexity index is 683. The summed E-state index contributed by atoms with van der Waals surface area (Å²) in [5.41, 5.74) is 2.47. The van der Waals surface area contributed by atoms with Crippen LogP contribution in [0.25, 0.3) is 0 Å². The van der Waals surface area contributed by atoms with E-state index in [4.69, 9.17) is 4.74 Å². The van der Waals surface area contributed by atoms with Gasteiger partial charge in [0.2, 0.25) is 5.91 Å². The molecule has 5 heteroatoms. The molecular formula is C18H19NO3S. The molecule has 2 rings (SSSR count). The third-order valence-electron chi connectivity index (χ3n) is 3.06. The van der Waals surface area contributed by atoms with Crippen molar-refractivity contribution in [3.05, 3.63) is 59.7 Å². The fourth-order valence-electron chi connectivity index (χ4n) is 2.00. The summed E-state index contributed by atoms with van der Waals surface area (Å²) in [5, 5.41) is 2.83. The van der Waals surface area contributed by atoms with Crippen LogP contribution in [0, 0.1) is 0 Å². The summed E-state index contributed by atoms with van der Waals surface area (Å²) in [7, 11) is 0. The molecule has 4 nitrogen and oxygen atoms in total. The van der Waals surface area contributed by atoms with Gasteiger partial charge in [-0.1, -0.05) is 24.3 Å². The number of para-hydroxylation sites is 1. The van der Waals surface area contributed by atoms with Crippen molar-refractivity contribution in [1.82, 2.24) is 0 Å². The fourth-order valence-corrected chi connectivity index (χ4v) is 2.96. The minimum absolute atomic E-state index is 0.0863. The molecule has 0 unspecified atom stereocenters. The highest BCUT2D eigenvalue weighted by Gasteiger charge is 2.07. The number of ether oxygens (including phenoxy) is 1. The molecule has 1 N–H and O–H groups in total. The topological polar surface area (TPSA) is 55.4 Å². The van der Waals surface area contributed by atoms with Gasteiger partial charge in [0.05, 0.1) is 17.9 Å². The Morgan fingerprint density at radius 3 is 2.43 bits per heavy atom. The molecule has 120 valence electrons. The number of hydrogen-bond acceptors (Lipinski definition) is 4. The molecule has 0 aliphatic carbocycles. The van der Waals surface area contributed by atoms with E-state index in [1.807, 2.05) is 36.4 Å². The molecule has 0 saturated heterocycles. The molecule has 23 heavy (non-hydrogen) atoms. The normalized spacial score (nSPS) is 10.2. The van der Waals surface area contributed by atoms with Crippen molar-refractivity contribution in [2.45, 2.75) is 24.5 Å². The van der Waals surface area contributed by atoms with Gasteiger partial charge in [0.1, 0.15) is 0 Å². The summed E-state index contributed by atoms with van der Waals surface area (Å²) < 4.78 is 4.97. The second-order valence-electron chi connectivity index (χ2n) is 4.88. The van der Waals surface area contributed by atoms with Gasteiger partial charge in [0.15, 0.2) is 0 Å². The highest BCUT2D eigenvalue weighted by molar-refractivity contribution is 7.98. The van der Waals surface area contributed by atoms with Crippen molar-refractivity contribution in [2.75, 3.05) is 11.9 Å². The Hall–Kier alpha value is -2.27. The largest absolute Gasteiger partial charge is 0.462 e. The summed E-state index contributed by atoms with van der Waals surface area (Å²) >= 11 is 1.64. The summed E-state index contributed by atoms with van der Waals surface area (Å²) in [4.78, 5) is 23.9. The molecule has 0 spiro atoms. The molecule has 2 aromatic carbocycles. The standard InChI is InChI=1S/C18H19NO3S/c1-3-22-18(21)15-10-8-14(9-11-15)12-23-17-7-5-4-6-16(17)19-13(2)20/h4-11H,3,12H2,1-2H3,(H,19,20). The number of benzene rings is 2. The van der Waals surface area contributed by atoms with Crippen LogP contribution in [0.15, 0.2) is 53.4 Å². The summed E-state index contributed by atoms with van der Waals surface area (Å²) in [6.45, 7) is 3.65. The number of carbonyl (C=O) groups excluding carboxylic acids is 2. The van der Waals surface area contributed by atoms with Gasteiger partial charge in [0.25, 0.3) is 0 Å². The Kier molecular flexibility index (Phi) is 6.23. The van der Waals surface area contributed by atoms with E-state index in [-0.39, 0.29) is 11.9 Å². The number of rotatable bonds is 6. The zero-order chi connectivity index (χ0) is 16.7. The summed E-state index contributed by atoms with van der Waals surface area (Å²) in [6, 6.07) is 15.1. The van der Waals surface area contributed by atoms with Crippen LogP contribution in [0.5, 0.6) is 0 Å². The third kappa shape index (κ3) is 5.14. The Morgan fingerprint density at radius 1 is 1.09 bits per heavy atom. The van der Waals surface area contributed by atoms with Crippen LogP contribution in [-0.4, -0.2) is 18.5 Å². The van der Waals surface area contributed by atoms with Crippen LogP contribution >= 0.6 is 11.8 Å². The van der Waals surface area contributed by atoms with E-state index in [0.29, 0.717) is 12.2 Å². The van der Waals surface area contributed by atoms with Crippen LogP contribution in [0.4, 0.5) is 5.69 Å². The molecule has 2 aromatic rings. The summed E-state index contributed by atoms with van der Waals surface area (Å²) in [5.74, 6) is 0.360. The minimum Gasteiger partial charge on any atom is -0.462 e. The molecule has 0 saturated carbocycles. The Labute approximate surface area is 140 Å². The molecule has 0 aromatic heterocycles. The van der Waals surface area contributed by atoms with Crippen LogP contribution in [0.3, 0.4) is 0 Å². The van der Waals surface area contributed by atoms with Crippen LogP contribution < -0.4 is 5.32 Å². The van der Waals surface area contributed by atoms with Crippen LogP contribution in [-0.2, 0) is 15.3 Å². The lowest BCUT2D eigenvalue weighted by atomic mass is 10.1. The lowest BCUT2D eigenvalue weighted by molar-refractivity contribution is -0.114. The second-order valence-corrected chi connectivity index (χ2v) is 5.90. The number of thioether (sulfide) groups is 1. The van der Waals surface area contributed by atoms with Gasteiger partial charge in [0, 0.05) is 17.6 Å². The lowest BCUT2D eigenvalue weighted by Gasteiger charge is -2.09. The predicted octanol–water partition coefficient (Wildman–Crippen LogP) is 4.11. The van der Waals surface area contributed by atoms with Crippen LogP contribution in [0.2, 0.25) is 0 Å². The molecule has 0 fully saturated rings. The van der Waals surface area contributed by atoms with Gasteiger partial charge < -0.3 is 10.1 Å². The first-order valence-corrected chi connectivity index (χ1v) is 8.34. The quantitative estimate of drug-likeness (QED) is 0.640. The minimum atomic E-state index is -0.303. The first kappa shape index (κ1) is 17.1. The average molecular weight is 329 g/mol. The number of amides is 1. The van der Waals surface area contributed by atoms with Gasteiger partial charge in [-0.05, 0) is 36.8 Å². The van der Waals surface area contributed by atoms with E-state index < -0.39 is 0 Å². The monoisotopic (exact) mass is 329 g/mol. The van der Waals surface area contributed by atoms with E-state index in [1.54, 1.807) is 30.8 Å². The summed E-state index contributed by atoms with van der Waals surface area (Å²) in [6.07, 6.45) is 0. The zero-order valence-corrected chi connectivity index (χ0v) is 14.0. The molecular weight excluding hydrogens is 310 g/mol. The SMILES string of the molecule is CCOC(=O)c1ccc(CSc2ccccc2NC(C)=O)cc1. The third-order valence-corrected chi connectivity index (χ3v) is 4.20. The van der Waals surface area contributed by atoms with Gasteiger partial charge in [-0.25, -0.2) is 4.79 Å². The zero-order valence-electron chi connectivity index (χ0n) is 13.2. The van der Waals surface area contributed by atoms with E-state index in [0.717, 1.165) is 21.9 Å². The van der Waals surface area contributed by atoms with Gasteiger partial charge >= 0.3 is 5.97 Å². The van der Waals surface area contributed by atoms with Crippen molar-refractivity contribution < 1.29 is 14.3 Å². The number of esters is 1. The van der Waals surface area contributed by atoms with Gasteiger partial charge in [-0.15, -0.1) is 11.8 Å². The number of anilines is 1. The molecule has 0 heterocycles. The average Bonchev–Trinajstić information content (AvgIpc) is 2.54. The van der Waals surface area contributed by atoms with Crippen molar-refractivity contribution in [2.24, 2.45) is 0 Å². The molecule has 0 bridgehead atoms. The maximum atomic E-state index is 11.6. The molecule has 0 aliphatic rings. The molecule has 0 aliphatic heterocycles. The van der Waals surface area contributed by atoms with E-state index in [9.17, 15) is 9.59 Å². The van der Waals surface area contributed by atoms with Crippen LogP contribution in [0.1, 0.15) is 29.8 Å². The molecule has 0 radical (unpaired) electrons. The van der Waals surface area contributed by atoms with E-state index in [1.165, 1.54) is 6.92 Å².